The summed E-state index contributed by atoms with van der Waals surface area (Å²) in [7, 11) is 1.63. The molecule has 0 fully saturated rings. The minimum absolute atomic E-state index is 0.00302. The molecule has 6 heteroatoms. The van der Waals surface area contributed by atoms with Crippen LogP contribution in [0.3, 0.4) is 0 Å². The van der Waals surface area contributed by atoms with Gasteiger partial charge in [-0.1, -0.05) is 50.6 Å². The summed E-state index contributed by atoms with van der Waals surface area (Å²) < 4.78 is 5.23. The molecule has 0 bridgehead atoms. The lowest BCUT2D eigenvalue weighted by Crippen LogP contribution is -2.49. The molecule has 31 heavy (non-hydrogen) atoms. The molecule has 0 saturated heterocycles. The van der Waals surface area contributed by atoms with Crippen LogP contribution in [0.5, 0.6) is 5.75 Å². The maximum Gasteiger partial charge on any atom is 0.242 e. The Kier molecular flexibility index (Phi) is 11.0. The van der Waals surface area contributed by atoms with Gasteiger partial charge in [0.05, 0.1) is 7.11 Å². The molecule has 1 unspecified atom stereocenters. The number of unbranched alkanes of at least 4 members (excludes halogenated alkanes) is 1. The summed E-state index contributed by atoms with van der Waals surface area (Å²) in [5, 5.41) is 3.00. The second kappa shape index (κ2) is 13.8. The SMILES string of the molecule is CCCCNC(=O)C(CC)N(Cc1ccc(OC)cc1)C(=O)CCSc1ccccc1. The normalized spacial score (nSPS) is 11.6. The fraction of sp³-hybridized carbons (Fsp3) is 0.440. The first kappa shape index (κ1) is 24.8. The number of ether oxygens (including phenoxy) is 1. The molecule has 2 aromatic carbocycles. The Hall–Kier alpha value is -2.47. The van der Waals surface area contributed by atoms with Gasteiger partial charge < -0.3 is 15.0 Å². The van der Waals surface area contributed by atoms with Crippen molar-refractivity contribution in [3.63, 3.8) is 0 Å². The quantitative estimate of drug-likeness (QED) is 0.354. The highest BCUT2D eigenvalue weighted by Crippen LogP contribution is 2.21. The predicted molar refractivity (Wildman–Crippen MR) is 127 cm³/mol. The number of nitrogens with zero attached hydrogens (tertiary/aromatic N) is 1. The third-order valence-corrected chi connectivity index (χ3v) is 6.07. The number of nitrogens with one attached hydrogen (secondary N) is 1. The number of hydrogen-bond acceptors (Lipinski definition) is 4. The van der Waals surface area contributed by atoms with Crippen molar-refractivity contribution in [3.05, 3.63) is 60.2 Å². The average Bonchev–Trinajstić information content (AvgIpc) is 2.80. The fourth-order valence-corrected chi connectivity index (χ4v) is 4.13. The zero-order valence-corrected chi connectivity index (χ0v) is 19.6. The lowest BCUT2D eigenvalue weighted by molar-refractivity contribution is -0.141. The number of methoxy groups -OCH3 is 1. The summed E-state index contributed by atoms with van der Waals surface area (Å²) in [5.41, 5.74) is 0.977. The molecule has 0 spiro atoms. The number of amides is 2. The van der Waals surface area contributed by atoms with E-state index < -0.39 is 6.04 Å². The number of thioether (sulfide) groups is 1. The van der Waals surface area contributed by atoms with Crippen molar-refractivity contribution in [2.24, 2.45) is 0 Å². The topological polar surface area (TPSA) is 58.6 Å². The van der Waals surface area contributed by atoms with E-state index in [2.05, 4.69) is 12.2 Å². The van der Waals surface area contributed by atoms with Gasteiger partial charge in [-0.2, -0.15) is 0 Å². The molecule has 0 radical (unpaired) electrons. The molecule has 1 N–H and O–H groups in total. The van der Waals surface area contributed by atoms with Crippen LogP contribution in [-0.4, -0.2) is 42.2 Å². The molecule has 0 aliphatic carbocycles. The smallest absolute Gasteiger partial charge is 0.242 e. The lowest BCUT2D eigenvalue weighted by Gasteiger charge is -2.30. The average molecular weight is 443 g/mol. The van der Waals surface area contributed by atoms with Crippen molar-refractivity contribution in [1.29, 1.82) is 0 Å². The van der Waals surface area contributed by atoms with Crippen molar-refractivity contribution in [1.82, 2.24) is 10.2 Å². The second-order valence-electron chi connectivity index (χ2n) is 7.35. The zero-order chi connectivity index (χ0) is 22.5. The summed E-state index contributed by atoms with van der Waals surface area (Å²) in [4.78, 5) is 28.9. The largest absolute Gasteiger partial charge is 0.497 e. The van der Waals surface area contributed by atoms with Crippen molar-refractivity contribution >= 4 is 23.6 Å². The van der Waals surface area contributed by atoms with Gasteiger partial charge in [0.1, 0.15) is 11.8 Å². The van der Waals surface area contributed by atoms with Crippen molar-refractivity contribution in [3.8, 4) is 5.75 Å². The lowest BCUT2D eigenvalue weighted by atomic mass is 10.1. The Morgan fingerprint density at radius 2 is 1.77 bits per heavy atom. The molecule has 5 nitrogen and oxygen atoms in total. The van der Waals surface area contributed by atoms with Crippen LogP contribution in [0.2, 0.25) is 0 Å². The Morgan fingerprint density at radius 3 is 2.39 bits per heavy atom. The molecule has 2 rings (SSSR count). The zero-order valence-electron chi connectivity index (χ0n) is 18.8. The number of carbonyl (C=O) groups excluding carboxylic acids is 2. The summed E-state index contributed by atoms with van der Waals surface area (Å²) in [6.07, 6.45) is 2.91. The molecule has 0 heterocycles. The Labute approximate surface area is 190 Å². The van der Waals surface area contributed by atoms with E-state index in [4.69, 9.17) is 4.74 Å². The third-order valence-electron chi connectivity index (χ3n) is 5.06. The number of rotatable bonds is 13. The van der Waals surface area contributed by atoms with Crippen molar-refractivity contribution in [2.45, 2.75) is 57.0 Å². The summed E-state index contributed by atoms with van der Waals surface area (Å²) in [6, 6.07) is 17.2. The van der Waals surface area contributed by atoms with Gasteiger partial charge in [-0.3, -0.25) is 9.59 Å². The van der Waals surface area contributed by atoms with E-state index in [1.807, 2.05) is 61.5 Å². The molecular weight excluding hydrogens is 408 g/mol. The molecule has 1 atom stereocenters. The summed E-state index contributed by atoms with van der Waals surface area (Å²) in [6.45, 7) is 5.09. The van der Waals surface area contributed by atoms with E-state index in [1.165, 1.54) is 0 Å². The molecule has 2 aromatic rings. The first-order valence-electron chi connectivity index (χ1n) is 11.0. The van der Waals surface area contributed by atoms with Gasteiger partial charge in [-0.15, -0.1) is 11.8 Å². The van der Waals surface area contributed by atoms with E-state index >= 15 is 0 Å². The van der Waals surface area contributed by atoms with Crippen LogP contribution in [0.4, 0.5) is 0 Å². The number of carbonyl (C=O) groups is 2. The second-order valence-corrected chi connectivity index (χ2v) is 8.52. The van der Waals surface area contributed by atoms with Gasteiger partial charge in [-0.25, -0.2) is 0 Å². The minimum Gasteiger partial charge on any atom is -0.497 e. The highest BCUT2D eigenvalue weighted by atomic mass is 32.2. The van der Waals surface area contributed by atoms with Crippen LogP contribution in [-0.2, 0) is 16.1 Å². The predicted octanol–water partition coefficient (Wildman–Crippen LogP) is 4.90. The summed E-state index contributed by atoms with van der Waals surface area (Å²) >= 11 is 1.66. The highest BCUT2D eigenvalue weighted by Gasteiger charge is 2.28. The standard InChI is InChI=1S/C25H34N2O3S/c1-4-6-17-26-25(29)23(5-2)27(19-20-12-14-21(30-3)15-13-20)24(28)16-18-31-22-10-8-7-9-11-22/h7-15,23H,4-6,16-19H2,1-3H3,(H,26,29). The first-order chi connectivity index (χ1) is 15.1. The number of benzene rings is 2. The summed E-state index contributed by atoms with van der Waals surface area (Å²) in [5.74, 6) is 1.37. The van der Waals surface area contributed by atoms with Gasteiger partial charge >= 0.3 is 0 Å². The Balaban J connectivity index is 2.10. The molecule has 0 aliphatic rings. The fourth-order valence-electron chi connectivity index (χ4n) is 3.27. The van der Waals surface area contributed by atoms with Crippen LogP contribution >= 0.6 is 11.8 Å². The van der Waals surface area contributed by atoms with E-state index in [-0.39, 0.29) is 11.8 Å². The molecule has 2 amide bonds. The molecule has 168 valence electrons. The van der Waals surface area contributed by atoms with Crippen molar-refractivity contribution < 1.29 is 14.3 Å². The van der Waals surface area contributed by atoms with Crippen LogP contribution in [0.25, 0.3) is 0 Å². The van der Waals surface area contributed by atoms with Crippen LogP contribution < -0.4 is 10.1 Å². The molecule has 0 aromatic heterocycles. The van der Waals surface area contributed by atoms with E-state index in [1.54, 1.807) is 23.8 Å². The van der Waals surface area contributed by atoms with E-state index in [0.717, 1.165) is 29.1 Å². The number of hydrogen-bond donors (Lipinski definition) is 1. The first-order valence-corrected chi connectivity index (χ1v) is 12.0. The van der Waals surface area contributed by atoms with Crippen LogP contribution in [0.15, 0.2) is 59.5 Å². The van der Waals surface area contributed by atoms with Gasteiger partial charge in [-0.05, 0) is 42.7 Å². The van der Waals surface area contributed by atoms with Crippen LogP contribution in [0.1, 0.15) is 45.1 Å². The maximum absolute atomic E-state index is 13.2. The minimum atomic E-state index is -0.479. The van der Waals surface area contributed by atoms with E-state index in [0.29, 0.717) is 31.7 Å². The molecule has 0 saturated carbocycles. The van der Waals surface area contributed by atoms with Gasteiger partial charge in [0.25, 0.3) is 0 Å². The van der Waals surface area contributed by atoms with Gasteiger partial charge in [0.2, 0.25) is 11.8 Å². The van der Waals surface area contributed by atoms with Gasteiger partial charge in [0, 0.05) is 30.2 Å². The van der Waals surface area contributed by atoms with E-state index in [9.17, 15) is 9.59 Å². The molecular formula is C25H34N2O3S. The van der Waals surface area contributed by atoms with Gasteiger partial charge in [0.15, 0.2) is 0 Å². The Morgan fingerprint density at radius 1 is 1.06 bits per heavy atom. The highest BCUT2D eigenvalue weighted by molar-refractivity contribution is 7.99. The maximum atomic E-state index is 13.2. The van der Waals surface area contributed by atoms with Crippen molar-refractivity contribution in [2.75, 3.05) is 19.4 Å². The monoisotopic (exact) mass is 442 g/mol. The van der Waals surface area contributed by atoms with Crippen LogP contribution in [0, 0.1) is 0 Å². The Bertz CT molecular complexity index is 796. The molecule has 0 aliphatic heterocycles. The third kappa shape index (κ3) is 8.29.